The molecule has 0 amide bonds. The molecule has 1 aromatic carbocycles. The van der Waals surface area contributed by atoms with Crippen LogP contribution in [0.2, 0.25) is 0 Å². The molecular formula is C18H27N. The molecule has 1 unspecified atom stereocenters. The largest absolute Gasteiger partial charge is 0.316 e. The fraction of sp³-hybridized carbons (Fsp3) is 0.667. The van der Waals surface area contributed by atoms with Gasteiger partial charge in [-0.05, 0) is 44.2 Å². The van der Waals surface area contributed by atoms with Gasteiger partial charge >= 0.3 is 0 Å². The van der Waals surface area contributed by atoms with Crippen molar-refractivity contribution in [3.63, 3.8) is 0 Å². The van der Waals surface area contributed by atoms with Crippen LogP contribution in [0.4, 0.5) is 0 Å². The Morgan fingerprint density at radius 1 is 1.00 bits per heavy atom. The van der Waals surface area contributed by atoms with E-state index in [2.05, 4.69) is 42.7 Å². The lowest BCUT2D eigenvalue weighted by atomic mass is 9.68. The predicted octanol–water partition coefficient (Wildman–Crippen LogP) is 4.28. The average molecular weight is 257 g/mol. The smallest absolute Gasteiger partial charge is 0.0189 e. The van der Waals surface area contributed by atoms with E-state index in [1.807, 2.05) is 0 Å². The molecule has 0 bridgehead atoms. The number of hydrogen-bond acceptors (Lipinski definition) is 1. The highest BCUT2D eigenvalue weighted by molar-refractivity contribution is 5.29. The third-order valence-corrected chi connectivity index (χ3v) is 5.62. The number of hydrogen-bond donors (Lipinski definition) is 1. The third kappa shape index (κ3) is 2.33. The first kappa shape index (κ1) is 13.2. The molecule has 3 rings (SSSR count). The highest BCUT2D eigenvalue weighted by Crippen LogP contribution is 2.48. The van der Waals surface area contributed by atoms with Gasteiger partial charge in [0.1, 0.15) is 0 Å². The molecule has 0 radical (unpaired) electrons. The number of benzene rings is 1. The van der Waals surface area contributed by atoms with Gasteiger partial charge in [0.15, 0.2) is 0 Å². The van der Waals surface area contributed by atoms with Crippen molar-refractivity contribution < 1.29 is 0 Å². The van der Waals surface area contributed by atoms with Crippen molar-refractivity contribution in [3.8, 4) is 0 Å². The summed E-state index contributed by atoms with van der Waals surface area (Å²) in [6.07, 6.45) is 11.3. The van der Waals surface area contributed by atoms with Gasteiger partial charge in [0.05, 0.1) is 0 Å². The maximum absolute atomic E-state index is 3.73. The summed E-state index contributed by atoms with van der Waals surface area (Å²) in [6, 6.07) is 12.0. The highest BCUT2D eigenvalue weighted by Gasteiger charge is 2.45. The molecule has 1 heteroatoms. The normalized spacial score (nSPS) is 24.7. The van der Waals surface area contributed by atoms with E-state index in [-0.39, 0.29) is 0 Å². The summed E-state index contributed by atoms with van der Waals surface area (Å²) in [5.41, 5.74) is 1.99. The Bertz CT molecular complexity index is 385. The fourth-order valence-corrected chi connectivity index (χ4v) is 4.81. The van der Waals surface area contributed by atoms with E-state index in [4.69, 9.17) is 0 Å². The van der Waals surface area contributed by atoms with Crippen LogP contribution < -0.4 is 5.32 Å². The minimum Gasteiger partial charge on any atom is -0.316 e. The van der Waals surface area contributed by atoms with Crippen LogP contribution in [0, 0.1) is 5.92 Å². The van der Waals surface area contributed by atoms with Gasteiger partial charge in [-0.25, -0.2) is 0 Å². The Hall–Kier alpha value is -0.820. The van der Waals surface area contributed by atoms with Crippen molar-refractivity contribution in [1.29, 1.82) is 0 Å². The van der Waals surface area contributed by atoms with E-state index >= 15 is 0 Å². The summed E-state index contributed by atoms with van der Waals surface area (Å²) in [5, 5.41) is 3.73. The van der Waals surface area contributed by atoms with Gasteiger partial charge in [-0.15, -0.1) is 0 Å². The second-order valence-corrected chi connectivity index (χ2v) is 6.54. The van der Waals surface area contributed by atoms with Crippen LogP contribution in [0.3, 0.4) is 0 Å². The summed E-state index contributed by atoms with van der Waals surface area (Å²) in [4.78, 5) is 0. The summed E-state index contributed by atoms with van der Waals surface area (Å²) >= 11 is 0. The van der Waals surface area contributed by atoms with Crippen molar-refractivity contribution in [2.75, 3.05) is 7.05 Å². The van der Waals surface area contributed by atoms with Gasteiger partial charge in [-0.1, -0.05) is 56.0 Å². The topological polar surface area (TPSA) is 12.0 Å². The standard InChI is InChI=1S/C18H27N/c1-19-17(15-9-5-6-10-15)18(13-7-8-14-18)16-11-3-2-4-12-16/h2-4,11-12,15,17,19H,5-10,13-14H2,1H3. The summed E-state index contributed by atoms with van der Waals surface area (Å²) in [6.45, 7) is 0. The molecule has 104 valence electrons. The summed E-state index contributed by atoms with van der Waals surface area (Å²) < 4.78 is 0. The van der Waals surface area contributed by atoms with Gasteiger partial charge < -0.3 is 5.32 Å². The lowest BCUT2D eigenvalue weighted by Crippen LogP contribution is -2.49. The third-order valence-electron chi connectivity index (χ3n) is 5.62. The van der Waals surface area contributed by atoms with Crippen LogP contribution in [0.1, 0.15) is 56.9 Å². The molecule has 1 N–H and O–H groups in total. The zero-order chi connectivity index (χ0) is 13.1. The number of likely N-dealkylation sites (N-methyl/N-ethyl adjacent to an activating group) is 1. The lowest BCUT2D eigenvalue weighted by Gasteiger charge is -2.41. The van der Waals surface area contributed by atoms with Crippen molar-refractivity contribution in [2.45, 2.75) is 62.8 Å². The van der Waals surface area contributed by atoms with Crippen molar-refractivity contribution in [3.05, 3.63) is 35.9 Å². The van der Waals surface area contributed by atoms with Crippen LogP contribution >= 0.6 is 0 Å². The Labute approximate surface area is 117 Å². The van der Waals surface area contributed by atoms with E-state index in [9.17, 15) is 0 Å². The van der Waals surface area contributed by atoms with Gasteiger partial charge in [0.2, 0.25) is 0 Å². The van der Waals surface area contributed by atoms with Crippen LogP contribution in [0.25, 0.3) is 0 Å². The van der Waals surface area contributed by atoms with Crippen LogP contribution in [-0.2, 0) is 5.41 Å². The van der Waals surface area contributed by atoms with E-state index in [1.54, 1.807) is 5.56 Å². The van der Waals surface area contributed by atoms with Crippen LogP contribution in [0.5, 0.6) is 0 Å². The lowest BCUT2D eigenvalue weighted by molar-refractivity contribution is 0.228. The Morgan fingerprint density at radius 3 is 2.21 bits per heavy atom. The predicted molar refractivity (Wildman–Crippen MR) is 81.4 cm³/mol. The zero-order valence-corrected chi connectivity index (χ0v) is 12.2. The molecule has 0 aromatic heterocycles. The molecule has 0 spiro atoms. The van der Waals surface area contributed by atoms with Crippen LogP contribution in [-0.4, -0.2) is 13.1 Å². The molecule has 0 heterocycles. The molecule has 2 fully saturated rings. The Morgan fingerprint density at radius 2 is 1.63 bits per heavy atom. The second-order valence-electron chi connectivity index (χ2n) is 6.54. The molecule has 2 saturated carbocycles. The first-order valence-electron chi connectivity index (χ1n) is 8.09. The number of nitrogens with one attached hydrogen (secondary N) is 1. The first-order valence-corrected chi connectivity index (χ1v) is 8.09. The maximum atomic E-state index is 3.73. The van der Waals surface area contributed by atoms with Crippen molar-refractivity contribution >= 4 is 0 Å². The molecule has 2 aliphatic rings. The van der Waals surface area contributed by atoms with E-state index in [0.717, 1.165) is 5.92 Å². The monoisotopic (exact) mass is 257 g/mol. The van der Waals surface area contributed by atoms with Gasteiger partial charge in [-0.3, -0.25) is 0 Å². The maximum Gasteiger partial charge on any atom is 0.0189 e. The first-order chi connectivity index (χ1) is 9.37. The quantitative estimate of drug-likeness (QED) is 0.849. The molecular weight excluding hydrogens is 230 g/mol. The molecule has 1 atom stereocenters. The van der Waals surface area contributed by atoms with Crippen molar-refractivity contribution in [2.24, 2.45) is 5.92 Å². The van der Waals surface area contributed by atoms with Gasteiger partial charge in [0, 0.05) is 11.5 Å². The minimum absolute atomic E-state index is 0.408. The van der Waals surface area contributed by atoms with Crippen LogP contribution in [0.15, 0.2) is 30.3 Å². The van der Waals surface area contributed by atoms with E-state index in [1.165, 1.54) is 51.4 Å². The molecule has 0 saturated heterocycles. The van der Waals surface area contributed by atoms with E-state index < -0.39 is 0 Å². The Kier molecular flexibility index (Phi) is 3.93. The number of rotatable bonds is 4. The van der Waals surface area contributed by atoms with Crippen molar-refractivity contribution in [1.82, 2.24) is 5.32 Å². The highest BCUT2D eigenvalue weighted by atomic mass is 14.9. The molecule has 2 aliphatic carbocycles. The summed E-state index contributed by atoms with van der Waals surface area (Å²) in [5.74, 6) is 0.892. The Balaban J connectivity index is 1.94. The average Bonchev–Trinajstić information content (AvgIpc) is 3.13. The molecule has 1 nitrogen and oxygen atoms in total. The molecule has 0 aliphatic heterocycles. The zero-order valence-electron chi connectivity index (χ0n) is 12.2. The minimum atomic E-state index is 0.408. The SMILES string of the molecule is CNC(C1CCCC1)C1(c2ccccc2)CCCC1. The van der Waals surface area contributed by atoms with E-state index in [0.29, 0.717) is 11.5 Å². The van der Waals surface area contributed by atoms with Gasteiger partial charge in [0.25, 0.3) is 0 Å². The molecule has 19 heavy (non-hydrogen) atoms. The fourth-order valence-electron chi connectivity index (χ4n) is 4.81. The van der Waals surface area contributed by atoms with Gasteiger partial charge in [-0.2, -0.15) is 0 Å². The molecule has 1 aromatic rings. The second kappa shape index (κ2) is 5.66. The summed E-state index contributed by atoms with van der Waals surface area (Å²) in [7, 11) is 2.19.